The van der Waals surface area contributed by atoms with Crippen LogP contribution in [-0.2, 0) is 4.79 Å². The summed E-state index contributed by atoms with van der Waals surface area (Å²) in [5.41, 5.74) is 0. The quantitative estimate of drug-likeness (QED) is 0.608. The summed E-state index contributed by atoms with van der Waals surface area (Å²) in [6.07, 6.45) is 1.99. The average molecular weight is 216 g/mol. The Morgan fingerprint density at radius 3 is 2.47 bits per heavy atom. The third-order valence-electron chi connectivity index (χ3n) is 2.45. The van der Waals surface area contributed by atoms with Gasteiger partial charge in [0.2, 0.25) is 5.91 Å². The summed E-state index contributed by atoms with van der Waals surface area (Å²) in [5, 5.41) is 12.0. The first-order chi connectivity index (χ1) is 6.99. The summed E-state index contributed by atoms with van der Waals surface area (Å²) < 4.78 is 0. The highest BCUT2D eigenvalue weighted by Gasteiger charge is 2.13. The molecule has 0 spiro atoms. The molecule has 15 heavy (non-hydrogen) atoms. The minimum Gasteiger partial charge on any atom is -0.396 e. The van der Waals surface area contributed by atoms with Gasteiger partial charge in [0.05, 0.1) is 6.04 Å². The zero-order valence-electron chi connectivity index (χ0n) is 10.3. The number of likely N-dealkylation sites (N-methyl/N-ethyl adjacent to an activating group) is 1. The van der Waals surface area contributed by atoms with E-state index < -0.39 is 0 Å². The molecule has 4 nitrogen and oxygen atoms in total. The van der Waals surface area contributed by atoms with Gasteiger partial charge in [0.1, 0.15) is 0 Å². The molecule has 2 N–H and O–H groups in total. The predicted octanol–water partition coefficient (Wildman–Crippen LogP) is 0.461. The number of rotatable bonds is 7. The number of aliphatic hydroxyl groups excluding tert-OH is 1. The molecule has 0 aromatic carbocycles. The first kappa shape index (κ1) is 14.4. The predicted molar refractivity (Wildman–Crippen MR) is 61.6 cm³/mol. The van der Waals surface area contributed by atoms with Crippen molar-refractivity contribution in [2.45, 2.75) is 32.7 Å². The first-order valence-corrected chi connectivity index (χ1v) is 5.54. The minimum atomic E-state index is -0.121. The van der Waals surface area contributed by atoms with Gasteiger partial charge in [-0.15, -0.1) is 0 Å². The van der Waals surface area contributed by atoms with E-state index in [0.717, 1.165) is 19.4 Å². The molecule has 0 aliphatic heterocycles. The largest absolute Gasteiger partial charge is 0.396 e. The molecule has 0 aromatic heterocycles. The van der Waals surface area contributed by atoms with E-state index in [4.69, 9.17) is 5.11 Å². The van der Waals surface area contributed by atoms with Gasteiger partial charge in [-0.1, -0.05) is 6.92 Å². The van der Waals surface area contributed by atoms with Crippen molar-refractivity contribution in [3.05, 3.63) is 0 Å². The van der Waals surface area contributed by atoms with Crippen LogP contribution in [0.15, 0.2) is 0 Å². The first-order valence-electron chi connectivity index (χ1n) is 5.54. The molecule has 0 radical (unpaired) electrons. The van der Waals surface area contributed by atoms with E-state index in [1.54, 1.807) is 19.0 Å². The minimum absolute atomic E-state index is 0.102. The summed E-state index contributed by atoms with van der Waals surface area (Å²) >= 11 is 0. The number of hydrogen-bond donors (Lipinski definition) is 2. The normalized spacial score (nSPS) is 14.7. The Hall–Kier alpha value is -0.610. The average Bonchev–Trinajstić information content (AvgIpc) is 2.22. The molecule has 2 atom stereocenters. The van der Waals surface area contributed by atoms with Gasteiger partial charge < -0.3 is 15.3 Å². The second kappa shape index (κ2) is 7.65. The van der Waals surface area contributed by atoms with Crippen LogP contribution in [-0.4, -0.2) is 49.2 Å². The Morgan fingerprint density at radius 1 is 1.40 bits per heavy atom. The van der Waals surface area contributed by atoms with Gasteiger partial charge in [0.25, 0.3) is 0 Å². The lowest BCUT2D eigenvalue weighted by molar-refractivity contribution is -0.130. The number of hydrogen-bond acceptors (Lipinski definition) is 3. The molecule has 0 saturated carbocycles. The van der Waals surface area contributed by atoms with Crippen molar-refractivity contribution in [2.24, 2.45) is 5.92 Å². The molecule has 0 heterocycles. The van der Waals surface area contributed by atoms with Crippen molar-refractivity contribution >= 4 is 5.91 Å². The molecule has 0 bridgehead atoms. The molecular weight excluding hydrogens is 192 g/mol. The lowest BCUT2D eigenvalue weighted by Gasteiger charge is -2.18. The van der Waals surface area contributed by atoms with Crippen LogP contribution in [0, 0.1) is 5.92 Å². The number of nitrogens with zero attached hydrogens (tertiary/aromatic N) is 1. The van der Waals surface area contributed by atoms with Gasteiger partial charge in [-0.05, 0) is 32.2 Å². The van der Waals surface area contributed by atoms with Crippen molar-refractivity contribution in [1.82, 2.24) is 10.2 Å². The maximum Gasteiger partial charge on any atom is 0.238 e. The Bertz CT molecular complexity index is 183. The smallest absolute Gasteiger partial charge is 0.238 e. The van der Waals surface area contributed by atoms with Gasteiger partial charge in [-0.2, -0.15) is 0 Å². The number of carbonyl (C=O) groups excluding carboxylic acids is 1. The highest BCUT2D eigenvalue weighted by Crippen LogP contribution is 2.02. The zero-order chi connectivity index (χ0) is 11.8. The topological polar surface area (TPSA) is 52.6 Å². The fourth-order valence-electron chi connectivity index (χ4n) is 1.33. The van der Waals surface area contributed by atoms with E-state index in [1.807, 2.05) is 13.8 Å². The van der Waals surface area contributed by atoms with Gasteiger partial charge >= 0.3 is 0 Å². The summed E-state index contributed by atoms with van der Waals surface area (Å²) in [5.74, 6) is 0.455. The Labute approximate surface area is 92.7 Å². The summed E-state index contributed by atoms with van der Waals surface area (Å²) in [4.78, 5) is 13.0. The molecule has 0 aliphatic rings. The highest BCUT2D eigenvalue weighted by molar-refractivity contribution is 5.80. The monoisotopic (exact) mass is 216 g/mol. The van der Waals surface area contributed by atoms with Crippen LogP contribution < -0.4 is 5.32 Å². The summed E-state index contributed by atoms with van der Waals surface area (Å²) in [7, 11) is 3.52. The molecule has 0 aliphatic carbocycles. The third kappa shape index (κ3) is 6.47. The SMILES string of the molecule is CC(CO)CCCNC(C)C(=O)N(C)C. The molecule has 0 rings (SSSR count). The number of aliphatic hydroxyl groups is 1. The lowest BCUT2D eigenvalue weighted by atomic mass is 10.1. The van der Waals surface area contributed by atoms with Crippen LogP contribution >= 0.6 is 0 Å². The molecular formula is C11H24N2O2. The van der Waals surface area contributed by atoms with E-state index in [2.05, 4.69) is 5.32 Å². The lowest BCUT2D eigenvalue weighted by Crippen LogP contribution is -2.41. The fraction of sp³-hybridized carbons (Fsp3) is 0.909. The third-order valence-corrected chi connectivity index (χ3v) is 2.45. The highest BCUT2D eigenvalue weighted by atomic mass is 16.3. The second-order valence-electron chi connectivity index (χ2n) is 4.34. The number of carbonyl (C=O) groups is 1. The summed E-state index contributed by atoms with van der Waals surface area (Å²) in [6.45, 7) is 4.96. The van der Waals surface area contributed by atoms with Crippen molar-refractivity contribution in [3.63, 3.8) is 0 Å². The van der Waals surface area contributed by atoms with Crippen LogP contribution in [0.3, 0.4) is 0 Å². The van der Waals surface area contributed by atoms with Gasteiger partial charge in [-0.25, -0.2) is 0 Å². The van der Waals surface area contributed by atoms with E-state index in [0.29, 0.717) is 5.92 Å². The molecule has 0 aromatic rings. The van der Waals surface area contributed by atoms with Crippen LogP contribution in [0.5, 0.6) is 0 Å². The second-order valence-corrected chi connectivity index (χ2v) is 4.34. The standard InChI is InChI=1S/C11H24N2O2/c1-9(8-14)6-5-7-12-10(2)11(15)13(3)4/h9-10,12,14H,5-8H2,1-4H3. The molecule has 0 saturated heterocycles. The Balaban J connectivity index is 3.55. The molecule has 4 heteroatoms. The van der Waals surface area contributed by atoms with Crippen molar-refractivity contribution in [3.8, 4) is 0 Å². The van der Waals surface area contributed by atoms with E-state index in [1.165, 1.54) is 0 Å². The van der Waals surface area contributed by atoms with Crippen LogP contribution in [0.1, 0.15) is 26.7 Å². The fourth-order valence-corrected chi connectivity index (χ4v) is 1.33. The van der Waals surface area contributed by atoms with Crippen molar-refractivity contribution in [1.29, 1.82) is 0 Å². The number of amides is 1. The van der Waals surface area contributed by atoms with Crippen LogP contribution in [0.4, 0.5) is 0 Å². The Kier molecular flexibility index (Phi) is 7.34. The maximum atomic E-state index is 11.5. The van der Waals surface area contributed by atoms with Crippen molar-refractivity contribution < 1.29 is 9.90 Å². The molecule has 1 amide bonds. The van der Waals surface area contributed by atoms with E-state index >= 15 is 0 Å². The van der Waals surface area contributed by atoms with E-state index in [9.17, 15) is 4.79 Å². The van der Waals surface area contributed by atoms with Crippen molar-refractivity contribution in [2.75, 3.05) is 27.2 Å². The zero-order valence-corrected chi connectivity index (χ0v) is 10.3. The Morgan fingerprint density at radius 2 is 2.00 bits per heavy atom. The van der Waals surface area contributed by atoms with Gasteiger partial charge in [0.15, 0.2) is 0 Å². The van der Waals surface area contributed by atoms with Gasteiger partial charge in [-0.3, -0.25) is 4.79 Å². The number of nitrogens with one attached hydrogen (secondary N) is 1. The summed E-state index contributed by atoms with van der Waals surface area (Å²) in [6, 6.07) is -0.121. The van der Waals surface area contributed by atoms with Crippen LogP contribution in [0.25, 0.3) is 0 Å². The van der Waals surface area contributed by atoms with Crippen LogP contribution in [0.2, 0.25) is 0 Å². The maximum absolute atomic E-state index is 11.5. The molecule has 0 fully saturated rings. The van der Waals surface area contributed by atoms with E-state index in [-0.39, 0.29) is 18.6 Å². The van der Waals surface area contributed by atoms with Gasteiger partial charge in [0, 0.05) is 20.7 Å². The molecule has 2 unspecified atom stereocenters. The molecule has 90 valence electrons.